The highest BCUT2D eigenvalue weighted by Gasteiger charge is 2.47. The molecule has 0 saturated carbocycles. The Hall–Kier alpha value is -7.16. The molecule has 0 spiro atoms. The summed E-state index contributed by atoms with van der Waals surface area (Å²) in [5, 5.41) is 3.83. The van der Waals surface area contributed by atoms with Crippen LogP contribution in [-0.2, 0) is 5.41 Å². The zero-order valence-corrected chi connectivity index (χ0v) is 33.7. The van der Waals surface area contributed by atoms with Crippen LogP contribution in [0.25, 0.3) is 27.8 Å². The average Bonchev–Trinajstić information content (AvgIpc) is 3.62. The third-order valence-electron chi connectivity index (χ3n) is 11.7. The Morgan fingerprint density at radius 3 is 1.73 bits per heavy atom. The smallest absolute Gasteiger partial charge is 0.0733 e. The SMILES string of the molecule is C1=C(c2ccccc2)CCC(N(c2ccccc2)c2ccccc2-c2ccc3c(c2)C(c2ccccc2)(c2ccccc2Nc2ccccc2)c2ccccc2-3)=C1.CC. The molecule has 2 aliphatic carbocycles. The second-order valence-corrected chi connectivity index (χ2v) is 14.9. The first-order chi connectivity index (χ1) is 29.3. The molecule has 1 N–H and O–H groups in total. The quantitative estimate of drug-likeness (QED) is 0.158. The van der Waals surface area contributed by atoms with E-state index in [0.717, 1.165) is 29.9 Å². The van der Waals surface area contributed by atoms with Crippen molar-refractivity contribution in [3.63, 3.8) is 0 Å². The molecule has 0 aromatic heterocycles. The van der Waals surface area contributed by atoms with Gasteiger partial charge in [0.1, 0.15) is 0 Å². The molecule has 2 heteroatoms. The van der Waals surface area contributed by atoms with E-state index in [-0.39, 0.29) is 0 Å². The summed E-state index contributed by atoms with van der Waals surface area (Å²) in [4.78, 5) is 2.47. The minimum atomic E-state index is -0.583. The number of allylic oxidation sites excluding steroid dienone is 4. The Labute approximate surface area is 349 Å². The van der Waals surface area contributed by atoms with Gasteiger partial charge in [0.15, 0.2) is 0 Å². The molecule has 59 heavy (non-hydrogen) atoms. The van der Waals surface area contributed by atoms with Crippen LogP contribution in [0.4, 0.5) is 22.7 Å². The number of hydrogen-bond acceptors (Lipinski definition) is 2. The monoisotopic (exact) mass is 760 g/mol. The van der Waals surface area contributed by atoms with Crippen molar-refractivity contribution in [3.8, 4) is 22.3 Å². The highest BCUT2D eigenvalue weighted by Crippen LogP contribution is 2.58. The molecule has 0 radical (unpaired) electrons. The lowest BCUT2D eigenvalue weighted by Crippen LogP contribution is -2.29. The summed E-state index contributed by atoms with van der Waals surface area (Å²) in [5.74, 6) is 0. The summed E-state index contributed by atoms with van der Waals surface area (Å²) in [6.45, 7) is 4.00. The van der Waals surface area contributed by atoms with E-state index >= 15 is 0 Å². The van der Waals surface area contributed by atoms with Crippen molar-refractivity contribution in [2.45, 2.75) is 32.1 Å². The standard InChI is InChI=1S/C55H42N2.C2H6/c1-5-19-40(20-6-1)41-33-36-46(37-34-41)57(45-25-11-4-12-26-45)54-32-18-14-27-47(54)42-35-38-49-48-28-13-15-29-50(48)55(52(49)39-42,43-21-7-2-8-22-43)51-30-16-17-31-53(51)56-44-23-9-3-10-24-44;1-2/h1-33,35-36,38-39,56H,34,37H2;1-2H3. The molecular formula is C57H48N2. The van der Waals surface area contributed by atoms with Crippen molar-refractivity contribution < 1.29 is 0 Å². The molecule has 0 aliphatic heterocycles. The summed E-state index contributed by atoms with van der Waals surface area (Å²) >= 11 is 0. The fraction of sp³-hybridized carbons (Fsp3) is 0.0877. The van der Waals surface area contributed by atoms with Crippen LogP contribution in [0.3, 0.4) is 0 Å². The summed E-state index contributed by atoms with van der Waals surface area (Å²) in [7, 11) is 0. The molecule has 1 atom stereocenters. The van der Waals surface area contributed by atoms with E-state index in [2.05, 4.69) is 235 Å². The molecule has 1 unspecified atom stereocenters. The van der Waals surface area contributed by atoms with Crippen LogP contribution in [0.5, 0.6) is 0 Å². The van der Waals surface area contributed by atoms with Gasteiger partial charge in [-0.05, 0) is 111 Å². The van der Waals surface area contributed by atoms with E-state index in [4.69, 9.17) is 0 Å². The van der Waals surface area contributed by atoms with Gasteiger partial charge in [-0.3, -0.25) is 0 Å². The molecular weight excluding hydrogens is 713 g/mol. The molecule has 286 valence electrons. The van der Waals surface area contributed by atoms with E-state index in [1.807, 2.05) is 13.8 Å². The minimum Gasteiger partial charge on any atom is -0.355 e. The second-order valence-electron chi connectivity index (χ2n) is 14.9. The Morgan fingerprint density at radius 1 is 0.441 bits per heavy atom. The van der Waals surface area contributed by atoms with Crippen molar-refractivity contribution in [2.75, 3.05) is 10.2 Å². The normalized spacial score (nSPS) is 15.1. The lowest BCUT2D eigenvalue weighted by Gasteiger charge is -2.36. The van der Waals surface area contributed by atoms with Gasteiger partial charge in [-0.2, -0.15) is 0 Å². The summed E-state index contributed by atoms with van der Waals surface area (Å²) < 4.78 is 0. The highest BCUT2D eigenvalue weighted by molar-refractivity contribution is 5.92. The van der Waals surface area contributed by atoms with Crippen LogP contribution in [0.1, 0.15) is 54.5 Å². The predicted molar refractivity (Wildman–Crippen MR) is 251 cm³/mol. The third kappa shape index (κ3) is 6.87. The van der Waals surface area contributed by atoms with Crippen LogP contribution in [0.15, 0.2) is 230 Å². The Morgan fingerprint density at radius 2 is 1.02 bits per heavy atom. The van der Waals surface area contributed by atoms with Gasteiger partial charge in [-0.1, -0.05) is 190 Å². The van der Waals surface area contributed by atoms with Gasteiger partial charge in [0.2, 0.25) is 0 Å². The first kappa shape index (κ1) is 37.4. The zero-order valence-electron chi connectivity index (χ0n) is 33.7. The molecule has 0 amide bonds. The summed E-state index contributed by atoms with van der Waals surface area (Å²) in [6.07, 6.45) is 6.56. The number of hydrogen-bond donors (Lipinski definition) is 1. The lowest BCUT2D eigenvalue weighted by molar-refractivity contribution is 0.771. The number of para-hydroxylation sites is 4. The predicted octanol–water partition coefficient (Wildman–Crippen LogP) is 15.4. The topological polar surface area (TPSA) is 15.3 Å². The van der Waals surface area contributed by atoms with Gasteiger partial charge in [-0.15, -0.1) is 0 Å². The molecule has 2 nitrogen and oxygen atoms in total. The number of nitrogens with one attached hydrogen (secondary N) is 1. The molecule has 10 rings (SSSR count). The van der Waals surface area contributed by atoms with E-state index in [1.165, 1.54) is 67.0 Å². The number of benzene rings is 8. The number of rotatable bonds is 9. The van der Waals surface area contributed by atoms with Crippen LogP contribution < -0.4 is 10.2 Å². The first-order valence-corrected chi connectivity index (χ1v) is 20.9. The maximum absolute atomic E-state index is 3.83. The van der Waals surface area contributed by atoms with E-state index < -0.39 is 5.41 Å². The largest absolute Gasteiger partial charge is 0.355 e. The number of nitrogens with zero attached hydrogens (tertiary/aromatic N) is 1. The van der Waals surface area contributed by atoms with Gasteiger partial charge in [0.05, 0.1) is 11.1 Å². The summed E-state index contributed by atoms with van der Waals surface area (Å²) in [6, 6.07) is 77.1. The van der Waals surface area contributed by atoms with Gasteiger partial charge >= 0.3 is 0 Å². The van der Waals surface area contributed by atoms with Gasteiger partial charge in [0, 0.05) is 28.3 Å². The van der Waals surface area contributed by atoms with Gasteiger partial charge in [0.25, 0.3) is 0 Å². The first-order valence-electron chi connectivity index (χ1n) is 20.9. The van der Waals surface area contributed by atoms with Crippen molar-refractivity contribution in [3.05, 3.63) is 258 Å². The fourth-order valence-corrected chi connectivity index (χ4v) is 9.14. The Bertz CT molecular complexity index is 2750. The van der Waals surface area contributed by atoms with Crippen LogP contribution in [0, 0.1) is 0 Å². The molecule has 8 aromatic rings. The van der Waals surface area contributed by atoms with Gasteiger partial charge in [-0.25, -0.2) is 0 Å². The number of fused-ring (bicyclic) bond motifs is 3. The molecule has 8 aromatic carbocycles. The van der Waals surface area contributed by atoms with Crippen molar-refractivity contribution in [2.24, 2.45) is 0 Å². The van der Waals surface area contributed by atoms with Crippen molar-refractivity contribution in [1.82, 2.24) is 0 Å². The average molecular weight is 761 g/mol. The lowest BCUT2D eigenvalue weighted by atomic mass is 9.67. The summed E-state index contributed by atoms with van der Waals surface area (Å²) in [5.41, 5.74) is 17.8. The maximum atomic E-state index is 3.83. The maximum Gasteiger partial charge on any atom is 0.0733 e. The minimum absolute atomic E-state index is 0.583. The fourth-order valence-electron chi connectivity index (χ4n) is 9.14. The molecule has 0 heterocycles. The van der Waals surface area contributed by atoms with Crippen molar-refractivity contribution >= 4 is 28.3 Å². The third-order valence-corrected chi connectivity index (χ3v) is 11.7. The van der Waals surface area contributed by atoms with Gasteiger partial charge < -0.3 is 10.2 Å². The molecule has 2 aliphatic rings. The zero-order chi connectivity index (χ0) is 40.0. The molecule has 0 fully saturated rings. The Kier molecular flexibility index (Phi) is 10.6. The highest BCUT2D eigenvalue weighted by atomic mass is 15.2. The number of anilines is 4. The van der Waals surface area contributed by atoms with Crippen LogP contribution in [-0.4, -0.2) is 0 Å². The Balaban J connectivity index is 0.00000221. The van der Waals surface area contributed by atoms with E-state index in [0.29, 0.717) is 0 Å². The van der Waals surface area contributed by atoms with E-state index in [1.54, 1.807) is 0 Å². The van der Waals surface area contributed by atoms with E-state index in [9.17, 15) is 0 Å². The van der Waals surface area contributed by atoms with Crippen molar-refractivity contribution in [1.29, 1.82) is 0 Å². The second kappa shape index (κ2) is 16.7. The van der Waals surface area contributed by atoms with Crippen LogP contribution in [0.2, 0.25) is 0 Å². The molecule has 0 bridgehead atoms. The molecule has 0 saturated heterocycles. The van der Waals surface area contributed by atoms with Crippen LogP contribution >= 0.6 is 0 Å².